The predicted octanol–water partition coefficient (Wildman–Crippen LogP) is 5.47. The zero-order chi connectivity index (χ0) is 28.7. The number of rotatable bonds is 9. The number of ether oxygens (including phenoxy) is 1. The van der Waals surface area contributed by atoms with Crippen LogP contribution in [0.15, 0.2) is 108 Å². The fourth-order valence-corrected chi connectivity index (χ4v) is 4.62. The number of benzene rings is 4. The Morgan fingerprint density at radius 1 is 0.900 bits per heavy atom. The van der Waals surface area contributed by atoms with Crippen molar-refractivity contribution in [2.45, 2.75) is 11.8 Å². The summed E-state index contributed by atoms with van der Waals surface area (Å²) in [5, 5.41) is 13.7. The average molecular weight is 558 g/mol. The zero-order valence-electron chi connectivity index (χ0n) is 21.1. The molecule has 0 saturated carbocycles. The minimum absolute atomic E-state index is 0.0291. The molecular formula is C29H23N3O7S. The molecule has 0 aliphatic heterocycles. The van der Waals surface area contributed by atoms with Gasteiger partial charge in [-0.15, -0.1) is 0 Å². The van der Waals surface area contributed by atoms with Gasteiger partial charge in [-0.3, -0.25) is 19.7 Å². The first-order valence-electron chi connectivity index (χ1n) is 11.9. The molecule has 0 fully saturated rings. The van der Waals surface area contributed by atoms with Crippen molar-refractivity contribution in [2.24, 2.45) is 0 Å². The van der Waals surface area contributed by atoms with E-state index >= 15 is 0 Å². The lowest BCUT2D eigenvalue weighted by atomic mass is 10.1. The van der Waals surface area contributed by atoms with Crippen LogP contribution >= 0.6 is 0 Å². The highest BCUT2D eigenvalue weighted by Gasteiger charge is 2.24. The van der Waals surface area contributed by atoms with Crippen molar-refractivity contribution in [1.82, 2.24) is 4.72 Å². The molecule has 11 heteroatoms. The number of amides is 2. The number of hydrogen-bond acceptors (Lipinski definition) is 7. The van der Waals surface area contributed by atoms with Gasteiger partial charge in [0.25, 0.3) is 21.6 Å². The summed E-state index contributed by atoms with van der Waals surface area (Å²) in [6, 6.07) is 24.5. The molecule has 2 amide bonds. The third kappa shape index (κ3) is 6.97. The second-order valence-electron chi connectivity index (χ2n) is 8.49. The van der Waals surface area contributed by atoms with Gasteiger partial charge in [0.1, 0.15) is 11.5 Å². The number of anilines is 1. The van der Waals surface area contributed by atoms with E-state index in [1.54, 1.807) is 36.4 Å². The topological polar surface area (TPSA) is 145 Å². The van der Waals surface area contributed by atoms with Crippen LogP contribution in [-0.4, -0.2) is 25.2 Å². The highest BCUT2D eigenvalue weighted by molar-refractivity contribution is 7.90. The van der Waals surface area contributed by atoms with Gasteiger partial charge in [0.2, 0.25) is 5.91 Å². The second kappa shape index (κ2) is 12.0. The molecule has 0 unspecified atom stereocenters. The second-order valence-corrected chi connectivity index (χ2v) is 10.2. The summed E-state index contributed by atoms with van der Waals surface area (Å²) in [5.41, 5.74) is 1.58. The Hall–Kier alpha value is -5.29. The Morgan fingerprint density at radius 3 is 2.35 bits per heavy atom. The van der Waals surface area contributed by atoms with E-state index in [0.29, 0.717) is 11.4 Å². The lowest BCUT2D eigenvalue weighted by molar-refractivity contribution is -0.385. The van der Waals surface area contributed by atoms with Gasteiger partial charge >= 0.3 is 0 Å². The standard InChI is InChI=1S/C29H23N3O7S/c1-20-8-5-6-9-21(20)14-17-28(33)30-22-15-16-26(27(18-22)39-24-11-3-2-4-12-24)29(34)31-40(37,38)25-13-7-10-23(19-25)32(35)36/h2-19H,1H3,(H,30,33)(H,31,34). The smallest absolute Gasteiger partial charge is 0.270 e. The molecule has 4 aromatic carbocycles. The maximum absolute atomic E-state index is 13.1. The van der Waals surface area contributed by atoms with Gasteiger partial charge in [0.15, 0.2) is 0 Å². The summed E-state index contributed by atoms with van der Waals surface area (Å²) in [4.78, 5) is 35.5. The first kappa shape index (κ1) is 27.7. The van der Waals surface area contributed by atoms with Crippen LogP contribution < -0.4 is 14.8 Å². The number of para-hydroxylation sites is 1. The molecule has 4 aromatic rings. The number of nitro groups is 1. The van der Waals surface area contributed by atoms with E-state index in [1.807, 2.05) is 35.9 Å². The van der Waals surface area contributed by atoms with Crippen LogP contribution in [0, 0.1) is 17.0 Å². The van der Waals surface area contributed by atoms with E-state index in [2.05, 4.69) is 5.32 Å². The number of hydrogen-bond donors (Lipinski definition) is 2. The summed E-state index contributed by atoms with van der Waals surface area (Å²) in [6.45, 7) is 1.92. The maximum Gasteiger partial charge on any atom is 0.270 e. The van der Waals surface area contributed by atoms with Crippen molar-refractivity contribution in [1.29, 1.82) is 0 Å². The lowest BCUT2D eigenvalue weighted by Crippen LogP contribution is -2.31. The number of non-ortho nitro benzene ring substituents is 1. The van der Waals surface area contributed by atoms with Crippen LogP contribution in [0.4, 0.5) is 11.4 Å². The summed E-state index contributed by atoms with van der Waals surface area (Å²) < 4.78 is 33.4. The van der Waals surface area contributed by atoms with Crippen molar-refractivity contribution >= 4 is 39.3 Å². The molecule has 10 nitrogen and oxygen atoms in total. The van der Waals surface area contributed by atoms with Gasteiger partial charge in [0, 0.05) is 30.0 Å². The highest BCUT2D eigenvalue weighted by Crippen LogP contribution is 2.29. The van der Waals surface area contributed by atoms with E-state index in [0.717, 1.165) is 29.3 Å². The number of aryl methyl sites for hydroxylation is 1. The van der Waals surface area contributed by atoms with Crippen LogP contribution in [0.2, 0.25) is 0 Å². The fraction of sp³-hybridized carbons (Fsp3) is 0.0345. The Kier molecular flexibility index (Phi) is 8.36. The SMILES string of the molecule is Cc1ccccc1C=CC(=O)Nc1ccc(C(=O)NS(=O)(=O)c2cccc([N+](=O)[O-])c2)c(Oc2ccccc2)c1. The van der Waals surface area contributed by atoms with E-state index in [-0.39, 0.29) is 11.3 Å². The molecule has 0 aliphatic rings. The number of nitrogens with zero attached hydrogens (tertiary/aromatic N) is 1. The lowest BCUT2D eigenvalue weighted by Gasteiger charge is -2.14. The molecule has 0 spiro atoms. The fourth-order valence-electron chi connectivity index (χ4n) is 3.61. The molecule has 4 rings (SSSR count). The number of nitro benzene ring substituents is 1. The quantitative estimate of drug-likeness (QED) is 0.158. The van der Waals surface area contributed by atoms with Gasteiger partial charge in [-0.05, 0) is 54.5 Å². The predicted molar refractivity (Wildman–Crippen MR) is 150 cm³/mol. The molecule has 0 aromatic heterocycles. The van der Waals surface area contributed by atoms with Crippen molar-refractivity contribution < 1.29 is 27.7 Å². The molecule has 0 heterocycles. The minimum atomic E-state index is -4.46. The summed E-state index contributed by atoms with van der Waals surface area (Å²) in [7, 11) is -4.46. The molecule has 0 saturated heterocycles. The molecule has 40 heavy (non-hydrogen) atoms. The summed E-state index contributed by atoms with van der Waals surface area (Å²) in [5.74, 6) is -1.13. The van der Waals surface area contributed by atoms with Gasteiger partial charge in [-0.25, -0.2) is 13.1 Å². The molecule has 0 aliphatic carbocycles. The number of nitrogens with one attached hydrogen (secondary N) is 2. The van der Waals surface area contributed by atoms with Crippen LogP contribution in [0.3, 0.4) is 0 Å². The Labute approximate surface area is 230 Å². The molecule has 0 atom stereocenters. The van der Waals surface area contributed by atoms with E-state index in [4.69, 9.17) is 4.74 Å². The van der Waals surface area contributed by atoms with Crippen LogP contribution in [0.1, 0.15) is 21.5 Å². The third-order valence-corrected chi connectivity index (χ3v) is 6.96. The number of sulfonamides is 1. The molecule has 2 N–H and O–H groups in total. The molecule has 0 bridgehead atoms. The molecule has 0 radical (unpaired) electrons. The van der Waals surface area contributed by atoms with Crippen LogP contribution in [-0.2, 0) is 14.8 Å². The first-order chi connectivity index (χ1) is 19.1. The first-order valence-corrected chi connectivity index (χ1v) is 13.3. The molecular weight excluding hydrogens is 534 g/mol. The van der Waals surface area contributed by atoms with Gasteiger partial charge in [0.05, 0.1) is 15.4 Å². The Bertz CT molecular complexity index is 1720. The van der Waals surface area contributed by atoms with Crippen LogP contribution in [0.5, 0.6) is 11.5 Å². The normalized spacial score (nSPS) is 11.1. The number of carbonyl (C=O) groups is 2. The Balaban J connectivity index is 1.60. The monoisotopic (exact) mass is 557 g/mol. The van der Waals surface area contributed by atoms with Crippen molar-refractivity contribution in [3.05, 3.63) is 130 Å². The van der Waals surface area contributed by atoms with Crippen molar-refractivity contribution in [3.8, 4) is 11.5 Å². The average Bonchev–Trinajstić information content (AvgIpc) is 2.93. The maximum atomic E-state index is 13.1. The third-order valence-electron chi connectivity index (χ3n) is 5.63. The van der Waals surface area contributed by atoms with E-state index in [1.165, 1.54) is 30.3 Å². The van der Waals surface area contributed by atoms with Crippen LogP contribution in [0.25, 0.3) is 6.08 Å². The van der Waals surface area contributed by atoms with E-state index in [9.17, 15) is 28.1 Å². The minimum Gasteiger partial charge on any atom is -0.456 e. The number of carbonyl (C=O) groups excluding carboxylic acids is 2. The summed E-state index contributed by atoms with van der Waals surface area (Å²) >= 11 is 0. The van der Waals surface area contributed by atoms with Crippen molar-refractivity contribution in [2.75, 3.05) is 5.32 Å². The largest absolute Gasteiger partial charge is 0.456 e. The highest BCUT2D eigenvalue weighted by atomic mass is 32.2. The van der Waals surface area contributed by atoms with Gasteiger partial charge in [-0.1, -0.05) is 48.5 Å². The van der Waals surface area contributed by atoms with E-state index < -0.39 is 37.3 Å². The zero-order valence-corrected chi connectivity index (χ0v) is 21.9. The van der Waals surface area contributed by atoms with Gasteiger partial charge in [-0.2, -0.15) is 0 Å². The summed E-state index contributed by atoms with van der Waals surface area (Å²) in [6.07, 6.45) is 3.04. The van der Waals surface area contributed by atoms with Crippen molar-refractivity contribution in [3.63, 3.8) is 0 Å². The Morgan fingerprint density at radius 2 is 1.62 bits per heavy atom. The molecule has 202 valence electrons. The van der Waals surface area contributed by atoms with Gasteiger partial charge < -0.3 is 10.1 Å².